The average Bonchev–Trinajstić information content (AvgIpc) is 3.40. The molecule has 0 aromatic heterocycles. The van der Waals surface area contributed by atoms with E-state index in [4.69, 9.17) is 15.3 Å². The van der Waals surface area contributed by atoms with Crippen LogP contribution in [0.2, 0.25) is 0 Å². The van der Waals surface area contributed by atoms with Gasteiger partial charge in [0, 0.05) is 63.3 Å². The van der Waals surface area contributed by atoms with E-state index in [-0.39, 0.29) is 67.9 Å². The van der Waals surface area contributed by atoms with Gasteiger partial charge < -0.3 is 25.9 Å². The van der Waals surface area contributed by atoms with Crippen LogP contribution in [0.5, 0.6) is 0 Å². The number of ether oxygens (including phenoxy) is 1. The molecule has 4 N–H and O–H groups in total. The molecule has 13 nitrogen and oxygen atoms in total. The van der Waals surface area contributed by atoms with Gasteiger partial charge >= 0.3 is 11.9 Å². The number of amides is 4. The Hall–Kier alpha value is -3.84. The number of imide groups is 1. The molecule has 0 bridgehead atoms. The SMILES string of the molecule is CC(C)(C)NC(=O)[C@@H]1C[C@@H]2CCCC[C@@H]2CN1C[C@@H](OC(=O)CCCCCNC(=O)CCCC(=O)ON1C(=O)CCC1=O)[C@@H](N)Cc1ccccc1. The lowest BCUT2D eigenvalue weighted by Gasteiger charge is -2.47. The molecule has 3 fully saturated rings. The van der Waals surface area contributed by atoms with Crippen molar-refractivity contribution in [3.05, 3.63) is 35.9 Å². The van der Waals surface area contributed by atoms with E-state index in [9.17, 15) is 28.8 Å². The number of unbranched alkanes of at least 4 members (excludes halogenated alkanes) is 2. The topological polar surface area (TPSA) is 177 Å². The molecular formula is C39H59N5O8. The molecule has 1 aromatic rings. The number of likely N-dealkylation sites (tertiary alicyclic amines) is 1. The minimum absolute atomic E-state index is 0.0146. The van der Waals surface area contributed by atoms with Crippen LogP contribution in [0.25, 0.3) is 0 Å². The zero-order valence-corrected chi connectivity index (χ0v) is 31.2. The number of carbonyl (C=O) groups is 6. The van der Waals surface area contributed by atoms with Crippen LogP contribution < -0.4 is 16.4 Å². The summed E-state index contributed by atoms with van der Waals surface area (Å²) >= 11 is 0. The molecule has 3 aliphatic rings. The molecule has 0 unspecified atom stereocenters. The number of esters is 1. The van der Waals surface area contributed by atoms with Gasteiger partial charge in [-0.15, -0.1) is 5.06 Å². The number of carbonyl (C=O) groups excluding carboxylic acids is 6. The highest BCUT2D eigenvalue weighted by atomic mass is 16.7. The van der Waals surface area contributed by atoms with Gasteiger partial charge in [0.2, 0.25) is 11.8 Å². The lowest BCUT2D eigenvalue weighted by atomic mass is 9.72. The Kier molecular flexibility index (Phi) is 15.6. The van der Waals surface area contributed by atoms with Crippen molar-refractivity contribution in [1.29, 1.82) is 0 Å². The minimum Gasteiger partial charge on any atom is -0.459 e. The summed E-state index contributed by atoms with van der Waals surface area (Å²) in [6.45, 7) is 7.58. The molecule has 4 rings (SSSR count). The van der Waals surface area contributed by atoms with E-state index in [1.165, 1.54) is 12.8 Å². The first-order valence-corrected chi connectivity index (χ1v) is 19.2. The summed E-state index contributed by atoms with van der Waals surface area (Å²) in [6.07, 6.45) is 7.90. The molecule has 1 saturated carbocycles. The van der Waals surface area contributed by atoms with Gasteiger partial charge in [-0.1, -0.05) is 56.0 Å². The van der Waals surface area contributed by atoms with Crippen molar-refractivity contribution in [1.82, 2.24) is 20.6 Å². The van der Waals surface area contributed by atoms with Crippen LogP contribution in [0.4, 0.5) is 0 Å². The van der Waals surface area contributed by atoms with Crippen LogP contribution in [0.3, 0.4) is 0 Å². The van der Waals surface area contributed by atoms with Gasteiger partial charge in [0.25, 0.3) is 11.8 Å². The van der Waals surface area contributed by atoms with E-state index in [1.54, 1.807) is 0 Å². The average molecular weight is 726 g/mol. The van der Waals surface area contributed by atoms with Crippen molar-refractivity contribution in [2.75, 3.05) is 19.6 Å². The van der Waals surface area contributed by atoms with Gasteiger partial charge in [-0.2, -0.15) is 0 Å². The van der Waals surface area contributed by atoms with Crippen LogP contribution in [-0.4, -0.2) is 88.9 Å². The zero-order chi connectivity index (χ0) is 37.7. The van der Waals surface area contributed by atoms with Gasteiger partial charge in [-0.25, -0.2) is 4.79 Å². The number of benzene rings is 1. The molecule has 1 aromatic carbocycles. The zero-order valence-electron chi connectivity index (χ0n) is 31.2. The Bertz CT molecular complexity index is 1370. The molecule has 0 spiro atoms. The second-order valence-corrected chi connectivity index (χ2v) is 15.7. The lowest BCUT2D eigenvalue weighted by Crippen LogP contribution is -2.60. The van der Waals surface area contributed by atoms with Crippen LogP contribution in [0.15, 0.2) is 30.3 Å². The van der Waals surface area contributed by atoms with Crippen LogP contribution in [0.1, 0.15) is 116 Å². The van der Waals surface area contributed by atoms with E-state index < -0.39 is 29.9 Å². The second kappa shape index (κ2) is 19.8. The van der Waals surface area contributed by atoms with E-state index in [0.29, 0.717) is 55.7 Å². The maximum absolute atomic E-state index is 13.6. The number of fused-ring (bicyclic) bond motifs is 1. The highest BCUT2D eigenvalue weighted by Gasteiger charge is 2.42. The first-order chi connectivity index (χ1) is 24.8. The molecule has 52 heavy (non-hydrogen) atoms. The molecule has 2 saturated heterocycles. The Labute approximate surface area is 308 Å². The van der Waals surface area contributed by atoms with Gasteiger partial charge in [0.1, 0.15) is 6.10 Å². The molecule has 2 heterocycles. The van der Waals surface area contributed by atoms with E-state index in [1.807, 2.05) is 51.1 Å². The van der Waals surface area contributed by atoms with Gasteiger partial charge in [-0.3, -0.25) is 28.9 Å². The minimum atomic E-state index is -0.730. The Morgan fingerprint density at radius 1 is 0.885 bits per heavy atom. The molecule has 1 aliphatic carbocycles. The van der Waals surface area contributed by atoms with Gasteiger partial charge in [0.05, 0.1) is 6.04 Å². The molecule has 4 amide bonds. The fourth-order valence-electron chi connectivity index (χ4n) is 7.45. The fourth-order valence-corrected chi connectivity index (χ4v) is 7.45. The largest absolute Gasteiger partial charge is 0.459 e. The van der Waals surface area contributed by atoms with Crippen LogP contribution >= 0.6 is 0 Å². The third-order valence-corrected chi connectivity index (χ3v) is 10.2. The predicted molar refractivity (Wildman–Crippen MR) is 194 cm³/mol. The maximum Gasteiger partial charge on any atom is 0.333 e. The van der Waals surface area contributed by atoms with Gasteiger partial charge in [-0.05, 0) is 76.7 Å². The van der Waals surface area contributed by atoms with Crippen molar-refractivity contribution in [2.24, 2.45) is 17.6 Å². The Morgan fingerprint density at radius 3 is 2.25 bits per heavy atom. The number of nitrogens with two attached hydrogens (primary N) is 1. The maximum atomic E-state index is 13.6. The number of hydrogen-bond donors (Lipinski definition) is 3. The van der Waals surface area contributed by atoms with Crippen molar-refractivity contribution < 1.29 is 38.3 Å². The molecule has 288 valence electrons. The second-order valence-electron chi connectivity index (χ2n) is 15.7. The predicted octanol–water partition coefficient (Wildman–Crippen LogP) is 3.72. The number of hydroxylamine groups is 2. The van der Waals surface area contributed by atoms with E-state index in [2.05, 4.69) is 15.5 Å². The summed E-state index contributed by atoms with van der Waals surface area (Å²) < 4.78 is 6.13. The summed E-state index contributed by atoms with van der Waals surface area (Å²) in [4.78, 5) is 81.1. The summed E-state index contributed by atoms with van der Waals surface area (Å²) in [6, 6.07) is 9.15. The smallest absolute Gasteiger partial charge is 0.333 e. The standard InChI is InChI=1S/C39H59N5O8/c1-39(2,3)42-38(50)31-24-28-15-9-10-16-29(28)25-43(31)26-32(30(40)23-27-13-6-4-7-14-27)51-36(48)18-8-5-11-22-41-33(45)17-12-19-37(49)52-44-34(46)20-21-35(44)47/h4,6-7,13-14,28-32H,5,8-12,15-26,40H2,1-3H3,(H,41,45)(H,42,50)/t28-,29+,30-,31-,32+/m0/s1. The molecular weight excluding hydrogens is 666 g/mol. The van der Waals surface area contributed by atoms with E-state index in [0.717, 1.165) is 31.4 Å². The molecule has 13 heteroatoms. The monoisotopic (exact) mass is 725 g/mol. The number of hydrogen-bond acceptors (Lipinski definition) is 10. The van der Waals surface area contributed by atoms with Crippen molar-refractivity contribution in [2.45, 2.75) is 141 Å². The van der Waals surface area contributed by atoms with Crippen LogP contribution in [0, 0.1) is 11.8 Å². The number of piperidine rings is 1. The summed E-state index contributed by atoms with van der Waals surface area (Å²) in [7, 11) is 0. The normalized spacial score (nSPS) is 21.9. The quantitative estimate of drug-likeness (QED) is 0.115. The highest BCUT2D eigenvalue weighted by molar-refractivity contribution is 6.01. The first kappa shape index (κ1) is 40.9. The van der Waals surface area contributed by atoms with Crippen molar-refractivity contribution in [3.8, 4) is 0 Å². The Morgan fingerprint density at radius 2 is 1.56 bits per heavy atom. The third kappa shape index (κ3) is 13.3. The van der Waals surface area contributed by atoms with Crippen molar-refractivity contribution >= 4 is 35.6 Å². The van der Waals surface area contributed by atoms with Crippen molar-refractivity contribution in [3.63, 3.8) is 0 Å². The molecule has 5 atom stereocenters. The fraction of sp³-hybridized carbons (Fsp3) is 0.692. The number of rotatable bonds is 18. The lowest BCUT2D eigenvalue weighted by molar-refractivity contribution is -0.197. The third-order valence-electron chi connectivity index (χ3n) is 10.2. The van der Waals surface area contributed by atoms with Crippen LogP contribution in [-0.2, 0) is 44.8 Å². The highest BCUT2D eigenvalue weighted by Crippen LogP contribution is 2.39. The summed E-state index contributed by atoms with van der Waals surface area (Å²) in [5, 5.41) is 6.51. The number of nitrogens with one attached hydrogen (secondary N) is 2. The molecule has 2 aliphatic heterocycles. The molecule has 0 radical (unpaired) electrons. The summed E-state index contributed by atoms with van der Waals surface area (Å²) in [5.41, 5.74) is 7.49. The number of nitrogens with zero attached hydrogens (tertiary/aromatic N) is 2. The first-order valence-electron chi connectivity index (χ1n) is 19.2. The van der Waals surface area contributed by atoms with E-state index >= 15 is 0 Å². The Balaban J connectivity index is 1.23. The van der Waals surface area contributed by atoms with Gasteiger partial charge in [0.15, 0.2) is 0 Å². The summed E-state index contributed by atoms with van der Waals surface area (Å²) in [5.74, 6) is -1.31.